The lowest BCUT2D eigenvalue weighted by molar-refractivity contribution is -0.137. The van der Waals surface area contributed by atoms with Gasteiger partial charge in [0.15, 0.2) is 0 Å². The van der Waals surface area contributed by atoms with Crippen molar-refractivity contribution in [2.45, 2.75) is 45.4 Å². The van der Waals surface area contributed by atoms with E-state index in [1.807, 2.05) is 19.1 Å². The van der Waals surface area contributed by atoms with E-state index in [0.29, 0.717) is 62.7 Å². The Kier molecular flexibility index (Phi) is 9.74. The van der Waals surface area contributed by atoms with E-state index in [2.05, 4.69) is 4.90 Å². The Balaban J connectivity index is 1.14. The molecule has 2 atom stereocenters. The van der Waals surface area contributed by atoms with Crippen molar-refractivity contribution >= 4 is 35.2 Å². The van der Waals surface area contributed by atoms with E-state index in [0.717, 1.165) is 37.3 Å². The lowest BCUT2D eigenvalue weighted by atomic mass is 10.0. The number of ether oxygens (including phenoxy) is 1. The van der Waals surface area contributed by atoms with Crippen molar-refractivity contribution in [3.8, 4) is 0 Å². The van der Waals surface area contributed by atoms with Crippen LogP contribution in [0.1, 0.15) is 47.7 Å². The zero-order chi connectivity index (χ0) is 31.6. The van der Waals surface area contributed by atoms with Gasteiger partial charge in [-0.2, -0.15) is 13.2 Å². The zero-order valence-electron chi connectivity index (χ0n) is 25.0. The third kappa shape index (κ3) is 7.48. The molecule has 3 saturated heterocycles. The van der Waals surface area contributed by atoms with Crippen LogP contribution in [-0.2, 0) is 15.7 Å². The molecule has 44 heavy (non-hydrogen) atoms. The Morgan fingerprint density at radius 1 is 0.977 bits per heavy atom. The average molecular weight is 635 g/mol. The Labute approximate surface area is 260 Å². The molecule has 0 N–H and O–H groups in total. The topological polar surface area (TPSA) is 73.4 Å². The van der Waals surface area contributed by atoms with E-state index in [9.17, 15) is 27.6 Å². The minimum atomic E-state index is -4.50. The summed E-state index contributed by atoms with van der Waals surface area (Å²) in [4.78, 5) is 45.4. The lowest BCUT2D eigenvalue weighted by Crippen LogP contribution is -2.43. The number of amides is 3. The van der Waals surface area contributed by atoms with Crippen molar-refractivity contribution in [1.82, 2.24) is 14.7 Å². The second kappa shape index (κ2) is 13.4. The molecule has 3 heterocycles. The van der Waals surface area contributed by atoms with Gasteiger partial charge in [-0.15, -0.1) is 0 Å². The number of likely N-dealkylation sites (tertiary alicyclic amines) is 3. The van der Waals surface area contributed by atoms with E-state index >= 15 is 0 Å². The van der Waals surface area contributed by atoms with E-state index in [1.54, 1.807) is 27.7 Å². The van der Waals surface area contributed by atoms with Crippen LogP contribution in [0.3, 0.4) is 0 Å². The van der Waals surface area contributed by atoms with Crippen LogP contribution in [0, 0.1) is 18.8 Å². The first-order valence-electron chi connectivity index (χ1n) is 15.1. The van der Waals surface area contributed by atoms with Crippen molar-refractivity contribution in [3.63, 3.8) is 0 Å². The molecule has 2 aromatic rings. The number of carbonyl (C=O) groups is 3. The Bertz CT molecular complexity index is 1370. The van der Waals surface area contributed by atoms with E-state index in [1.165, 1.54) is 12.1 Å². The van der Waals surface area contributed by atoms with Crippen LogP contribution in [0.25, 0.3) is 0 Å². The predicted octanol–water partition coefficient (Wildman–Crippen LogP) is 5.72. The molecule has 2 aromatic carbocycles. The molecule has 0 spiro atoms. The number of piperidine rings is 1. The third-order valence-electron chi connectivity index (χ3n) is 8.98. The van der Waals surface area contributed by atoms with Crippen molar-refractivity contribution in [3.05, 3.63) is 64.2 Å². The summed E-state index contributed by atoms with van der Waals surface area (Å²) in [5.41, 5.74) is 0.806. The molecule has 0 radical (unpaired) electrons. The molecule has 3 aliphatic rings. The summed E-state index contributed by atoms with van der Waals surface area (Å²) in [5, 5.41) is 0.562. The number of nitrogens with zero attached hydrogens (tertiary/aromatic N) is 4. The predicted molar refractivity (Wildman–Crippen MR) is 161 cm³/mol. The molecule has 3 aliphatic heterocycles. The molecular weight excluding hydrogens is 597 g/mol. The van der Waals surface area contributed by atoms with Crippen molar-refractivity contribution in [1.29, 1.82) is 0 Å². The fourth-order valence-electron chi connectivity index (χ4n) is 6.47. The van der Waals surface area contributed by atoms with Crippen molar-refractivity contribution < 1.29 is 32.3 Å². The number of aryl methyl sites for hydroxylation is 1. The summed E-state index contributed by atoms with van der Waals surface area (Å²) < 4.78 is 45.3. The summed E-state index contributed by atoms with van der Waals surface area (Å²) in [6, 6.07) is 10.1. The normalized spacial score (nSPS) is 21.0. The van der Waals surface area contributed by atoms with Gasteiger partial charge in [0.1, 0.15) is 6.10 Å². The molecule has 3 amide bonds. The lowest BCUT2D eigenvalue weighted by Gasteiger charge is -2.32. The molecule has 0 aromatic heterocycles. The maximum absolute atomic E-state index is 13.4. The smallest absolute Gasteiger partial charge is 0.416 e. The molecule has 0 saturated carbocycles. The number of benzene rings is 2. The molecular formula is C32H38ClF3N4O4. The Morgan fingerprint density at radius 2 is 1.66 bits per heavy atom. The number of anilines is 1. The van der Waals surface area contributed by atoms with Crippen molar-refractivity contribution in [2.75, 3.05) is 57.3 Å². The van der Waals surface area contributed by atoms with Gasteiger partial charge in [-0.1, -0.05) is 23.7 Å². The number of hydrogen-bond donors (Lipinski definition) is 0. The van der Waals surface area contributed by atoms with Gasteiger partial charge in [0.25, 0.3) is 5.91 Å². The standard InChI is InChI=1S/C32H38ClF3N4O4/c1-21-7-8-27(16-29(21)33)40(31(43)44-28-9-13-38(14-10-28)22(2)41)12-4-11-37-17-24-19-39(20-25(24)18-37)30(42)23-5-3-6-26(15-23)32(34,35)36/h3,5-8,15-16,24-25,28H,4,9-14,17-20H2,1-2H3. The monoisotopic (exact) mass is 634 g/mol. The Hall–Kier alpha value is -3.31. The molecule has 12 heteroatoms. The maximum atomic E-state index is 13.4. The molecule has 3 fully saturated rings. The first-order chi connectivity index (χ1) is 20.9. The van der Waals surface area contributed by atoms with Gasteiger partial charge in [0, 0.05) is 81.9 Å². The SMILES string of the molecule is CC(=O)N1CCC(OC(=O)N(CCCN2CC3CN(C(=O)c4cccc(C(F)(F)F)c4)CC3C2)c2ccc(C)c(Cl)c2)CC1. The molecule has 2 unspecified atom stereocenters. The van der Waals surface area contributed by atoms with Gasteiger partial charge in [0.2, 0.25) is 5.91 Å². The summed E-state index contributed by atoms with van der Waals surface area (Å²) >= 11 is 6.39. The molecule has 8 nitrogen and oxygen atoms in total. The van der Waals surface area contributed by atoms with Gasteiger partial charge >= 0.3 is 12.3 Å². The first kappa shape index (κ1) is 32.1. The second-order valence-electron chi connectivity index (χ2n) is 12.1. The highest BCUT2D eigenvalue weighted by molar-refractivity contribution is 6.31. The van der Waals surface area contributed by atoms with E-state index in [-0.39, 0.29) is 35.3 Å². The molecule has 238 valence electrons. The number of halogens is 4. The van der Waals surface area contributed by atoms with Gasteiger partial charge < -0.3 is 19.4 Å². The van der Waals surface area contributed by atoms with Crippen LogP contribution in [0.15, 0.2) is 42.5 Å². The van der Waals surface area contributed by atoms with Crippen LogP contribution < -0.4 is 4.90 Å². The summed E-state index contributed by atoms with van der Waals surface area (Å²) in [6.45, 7) is 8.32. The highest BCUT2D eigenvalue weighted by Crippen LogP contribution is 2.34. The number of alkyl halides is 3. The summed E-state index contributed by atoms with van der Waals surface area (Å²) in [7, 11) is 0. The first-order valence-corrected chi connectivity index (χ1v) is 15.5. The van der Waals surface area contributed by atoms with Crippen LogP contribution >= 0.6 is 11.6 Å². The third-order valence-corrected chi connectivity index (χ3v) is 9.39. The van der Waals surface area contributed by atoms with E-state index in [4.69, 9.17) is 16.3 Å². The largest absolute Gasteiger partial charge is 0.446 e. The maximum Gasteiger partial charge on any atom is 0.416 e. The van der Waals surface area contributed by atoms with Crippen molar-refractivity contribution in [2.24, 2.45) is 11.8 Å². The van der Waals surface area contributed by atoms with Gasteiger partial charge in [-0.05, 0) is 67.6 Å². The summed E-state index contributed by atoms with van der Waals surface area (Å²) in [5.74, 6) is 0.159. The van der Waals surface area contributed by atoms with Gasteiger partial charge in [-0.25, -0.2) is 4.79 Å². The minimum absolute atomic E-state index is 0.0202. The van der Waals surface area contributed by atoms with E-state index < -0.39 is 17.8 Å². The number of carbonyl (C=O) groups excluding carboxylic acids is 3. The van der Waals surface area contributed by atoms with Gasteiger partial charge in [0.05, 0.1) is 5.56 Å². The second-order valence-corrected chi connectivity index (χ2v) is 12.5. The minimum Gasteiger partial charge on any atom is -0.446 e. The summed E-state index contributed by atoms with van der Waals surface area (Å²) in [6.07, 6.45) is -3.32. The molecule has 0 aliphatic carbocycles. The fraction of sp³-hybridized carbons (Fsp3) is 0.531. The fourth-order valence-corrected chi connectivity index (χ4v) is 6.65. The Morgan fingerprint density at radius 3 is 2.27 bits per heavy atom. The molecule has 0 bridgehead atoms. The van der Waals surface area contributed by atoms with Crippen LogP contribution in [0.4, 0.5) is 23.7 Å². The van der Waals surface area contributed by atoms with Gasteiger partial charge in [-0.3, -0.25) is 14.5 Å². The number of fused-ring (bicyclic) bond motifs is 1. The number of rotatable bonds is 7. The van der Waals surface area contributed by atoms with Crippen LogP contribution in [0.5, 0.6) is 0 Å². The highest BCUT2D eigenvalue weighted by Gasteiger charge is 2.42. The highest BCUT2D eigenvalue weighted by atomic mass is 35.5. The number of hydrogen-bond acceptors (Lipinski definition) is 5. The van der Waals surface area contributed by atoms with Crippen LogP contribution in [-0.4, -0.2) is 91.1 Å². The quantitative estimate of drug-likeness (QED) is 0.390. The molecule has 5 rings (SSSR count). The average Bonchev–Trinajstić information content (AvgIpc) is 3.55. The van der Waals surface area contributed by atoms with Crippen LogP contribution in [0.2, 0.25) is 5.02 Å². The zero-order valence-corrected chi connectivity index (χ0v) is 25.7.